The number of aliphatic hydroxyl groups excluding tert-OH is 4. The van der Waals surface area contributed by atoms with Gasteiger partial charge in [-0.2, -0.15) is 5.06 Å². The summed E-state index contributed by atoms with van der Waals surface area (Å²) in [4.78, 5) is 5.21. The standard InChI is InChI=1S/C14H21NO6/c1-20-15(7-9-5-3-2-4-6-9)14-13(19)12(18)11(17)10(8-16)21-14/h2-6,10-14,16-19H,7-8H2,1H3/t10-,11+,12+,13-,14-/m1/s1. The molecule has 0 spiro atoms. The number of hydroxylamine groups is 2. The quantitative estimate of drug-likeness (QED) is 0.509. The Labute approximate surface area is 122 Å². The maximum Gasteiger partial charge on any atom is 0.162 e. The predicted octanol–water partition coefficient (Wildman–Crippen LogP) is -1.15. The van der Waals surface area contributed by atoms with Gasteiger partial charge in [0.15, 0.2) is 6.23 Å². The van der Waals surface area contributed by atoms with Crippen molar-refractivity contribution in [2.45, 2.75) is 37.2 Å². The van der Waals surface area contributed by atoms with Crippen LogP contribution in [0.25, 0.3) is 0 Å². The summed E-state index contributed by atoms with van der Waals surface area (Å²) in [6, 6.07) is 9.40. The molecule has 1 aromatic rings. The fourth-order valence-corrected chi connectivity index (χ4v) is 2.34. The molecule has 21 heavy (non-hydrogen) atoms. The lowest BCUT2D eigenvalue weighted by molar-refractivity contribution is -0.331. The van der Waals surface area contributed by atoms with E-state index in [0.29, 0.717) is 6.54 Å². The van der Waals surface area contributed by atoms with Gasteiger partial charge in [-0.25, -0.2) is 0 Å². The van der Waals surface area contributed by atoms with Gasteiger partial charge >= 0.3 is 0 Å². The van der Waals surface area contributed by atoms with Crippen LogP contribution in [0, 0.1) is 0 Å². The molecule has 2 rings (SSSR count). The SMILES string of the molecule is CON(Cc1ccccc1)[C@@H]1O[C@H](CO)[C@H](O)[C@H](O)[C@H]1O. The van der Waals surface area contributed by atoms with Crippen LogP contribution in [0.2, 0.25) is 0 Å². The zero-order valence-electron chi connectivity index (χ0n) is 11.7. The van der Waals surface area contributed by atoms with Crippen molar-refractivity contribution in [1.82, 2.24) is 5.06 Å². The molecule has 4 N–H and O–H groups in total. The molecule has 1 fully saturated rings. The van der Waals surface area contributed by atoms with Crippen LogP contribution in [0.15, 0.2) is 30.3 Å². The summed E-state index contributed by atoms with van der Waals surface area (Å²) < 4.78 is 5.45. The lowest BCUT2D eigenvalue weighted by atomic mass is 9.98. The van der Waals surface area contributed by atoms with Crippen molar-refractivity contribution in [3.05, 3.63) is 35.9 Å². The highest BCUT2D eigenvalue weighted by atomic mass is 16.7. The van der Waals surface area contributed by atoms with Gasteiger partial charge < -0.3 is 25.2 Å². The van der Waals surface area contributed by atoms with Gasteiger partial charge in [-0.15, -0.1) is 0 Å². The number of ether oxygens (including phenoxy) is 1. The van der Waals surface area contributed by atoms with Crippen LogP contribution in [-0.4, -0.2) is 69.8 Å². The first-order chi connectivity index (χ1) is 10.1. The molecule has 1 aromatic carbocycles. The molecule has 7 nitrogen and oxygen atoms in total. The van der Waals surface area contributed by atoms with Gasteiger partial charge in [0.1, 0.15) is 24.4 Å². The molecule has 5 atom stereocenters. The topological polar surface area (TPSA) is 103 Å². The number of hydrogen-bond acceptors (Lipinski definition) is 7. The third-order valence-electron chi connectivity index (χ3n) is 3.57. The van der Waals surface area contributed by atoms with Crippen LogP contribution in [0.4, 0.5) is 0 Å². The van der Waals surface area contributed by atoms with E-state index in [1.165, 1.54) is 12.2 Å². The molecule has 1 aliphatic rings. The molecule has 1 aliphatic heterocycles. The van der Waals surface area contributed by atoms with Crippen molar-refractivity contribution in [2.75, 3.05) is 13.7 Å². The monoisotopic (exact) mass is 299 g/mol. The molecule has 1 heterocycles. The normalized spacial score (nSPS) is 33.3. The van der Waals surface area contributed by atoms with Crippen LogP contribution < -0.4 is 0 Å². The van der Waals surface area contributed by atoms with Crippen molar-refractivity contribution in [1.29, 1.82) is 0 Å². The first-order valence-electron chi connectivity index (χ1n) is 6.73. The van der Waals surface area contributed by atoms with Crippen LogP contribution >= 0.6 is 0 Å². The van der Waals surface area contributed by atoms with Gasteiger partial charge in [-0.1, -0.05) is 30.3 Å². The summed E-state index contributed by atoms with van der Waals surface area (Å²) in [7, 11) is 1.42. The zero-order chi connectivity index (χ0) is 15.4. The van der Waals surface area contributed by atoms with E-state index in [9.17, 15) is 20.4 Å². The van der Waals surface area contributed by atoms with E-state index in [0.717, 1.165) is 5.56 Å². The van der Waals surface area contributed by atoms with Crippen molar-refractivity contribution in [2.24, 2.45) is 0 Å². The highest BCUT2D eigenvalue weighted by molar-refractivity contribution is 5.14. The van der Waals surface area contributed by atoms with Crippen LogP contribution in [-0.2, 0) is 16.1 Å². The maximum atomic E-state index is 10.1. The number of hydrogen-bond donors (Lipinski definition) is 4. The van der Waals surface area contributed by atoms with Crippen LogP contribution in [0.5, 0.6) is 0 Å². The van der Waals surface area contributed by atoms with Crippen molar-refractivity contribution >= 4 is 0 Å². The summed E-state index contributed by atoms with van der Waals surface area (Å²) >= 11 is 0. The van der Waals surface area contributed by atoms with Gasteiger partial charge in [0, 0.05) is 0 Å². The third kappa shape index (κ3) is 3.58. The second-order valence-corrected chi connectivity index (χ2v) is 4.96. The zero-order valence-corrected chi connectivity index (χ0v) is 11.7. The van der Waals surface area contributed by atoms with Gasteiger partial charge in [0.2, 0.25) is 0 Å². The van der Waals surface area contributed by atoms with E-state index < -0.39 is 37.3 Å². The summed E-state index contributed by atoms with van der Waals surface area (Å²) in [5.41, 5.74) is 0.927. The Morgan fingerprint density at radius 3 is 2.33 bits per heavy atom. The van der Waals surface area contributed by atoms with Crippen molar-refractivity contribution in [3.63, 3.8) is 0 Å². The molecule has 0 unspecified atom stereocenters. The smallest absolute Gasteiger partial charge is 0.162 e. The molecule has 118 valence electrons. The van der Waals surface area contributed by atoms with E-state index in [2.05, 4.69) is 0 Å². The minimum Gasteiger partial charge on any atom is -0.394 e. The summed E-state index contributed by atoms with van der Waals surface area (Å²) in [6.45, 7) is -0.148. The van der Waals surface area contributed by atoms with E-state index in [-0.39, 0.29) is 0 Å². The molecule has 0 aliphatic carbocycles. The fraction of sp³-hybridized carbons (Fsp3) is 0.571. The summed E-state index contributed by atoms with van der Waals surface area (Å²) in [5, 5.41) is 40.2. The fourth-order valence-electron chi connectivity index (χ4n) is 2.34. The lowest BCUT2D eigenvalue weighted by Gasteiger charge is -2.43. The molecule has 7 heteroatoms. The number of benzene rings is 1. The largest absolute Gasteiger partial charge is 0.394 e. The number of rotatable bonds is 5. The summed E-state index contributed by atoms with van der Waals surface area (Å²) in [6.07, 6.45) is -6.11. The Hall–Kier alpha value is -1.06. The lowest BCUT2D eigenvalue weighted by Crippen LogP contribution is -2.62. The maximum absolute atomic E-state index is 10.1. The van der Waals surface area contributed by atoms with Gasteiger partial charge in [-0.05, 0) is 5.56 Å². The minimum absolute atomic E-state index is 0.319. The Bertz CT molecular complexity index is 429. The molecule has 0 amide bonds. The Balaban J connectivity index is 2.12. The third-order valence-corrected chi connectivity index (χ3v) is 3.57. The Morgan fingerprint density at radius 1 is 1.10 bits per heavy atom. The second kappa shape index (κ2) is 7.28. The van der Waals surface area contributed by atoms with E-state index in [1.807, 2.05) is 30.3 Å². The summed E-state index contributed by atoms with van der Waals surface area (Å²) in [5.74, 6) is 0. The molecule has 0 radical (unpaired) electrons. The predicted molar refractivity (Wildman–Crippen MR) is 72.8 cm³/mol. The Kier molecular flexibility index (Phi) is 5.65. The first-order valence-corrected chi connectivity index (χ1v) is 6.73. The first kappa shape index (κ1) is 16.3. The van der Waals surface area contributed by atoms with E-state index in [4.69, 9.17) is 9.57 Å². The minimum atomic E-state index is -1.42. The Morgan fingerprint density at radius 2 is 1.76 bits per heavy atom. The van der Waals surface area contributed by atoms with Crippen LogP contribution in [0.3, 0.4) is 0 Å². The molecule has 0 saturated carbocycles. The molecular formula is C14H21NO6. The number of nitrogens with zero attached hydrogens (tertiary/aromatic N) is 1. The van der Waals surface area contributed by atoms with E-state index >= 15 is 0 Å². The number of aliphatic hydroxyl groups is 4. The van der Waals surface area contributed by atoms with Crippen LogP contribution in [0.1, 0.15) is 5.56 Å². The van der Waals surface area contributed by atoms with Crippen molar-refractivity contribution < 1.29 is 30.0 Å². The van der Waals surface area contributed by atoms with Gasteiger partial charge in [0.25, 0.3) is 0 Å². The highest BCUT2D eigenvalue weighted by Gasteiger charge is 2.46. The second-order valence-electron chi connectivity index (χ2n) is 4.96. The molecular weight excluding hydrogens is 278 g/mol. The average Bonchev–Trinajstić information content (AvgIpc) is 2.52. The van der Waals surface area contributed by atoms with Crippen molar-refractivity contribution in [3.8, 4) is 0 Å². The molecule has 1 saturated heterocycles. The highest BCUT2D eigenvalue weighted by Crippen LogP contribution is 2.24. The van der Waals surface area contributed by atoms with Gasteiger partial charge in [-0.3, -0.25) is 4.84 Å². The van der Waals surface area contributed by atoms with E-state index in [1.54, 1.807) is 0 Å². The van der Waals surface area contributed by atoms with Gasteiger partial charge in [0.05, 0.1) is 20.3 Å². The molecule has 0 aromatic heterocycles. The molecule has 0 bridgehead atoms. The average molecular weight is 299 g/mol.